The van der Waals surface area contributed by atoms with Gasteiger partial charge >= 0.3 is 17.9 Å². The third kappa shape index (κ3) is 29.5. The molecular formula is C99H118Cl2N6O12. The first kappa shape index (κ1) is 90.9. The molecule has 119 heavy (non-hydrogen) atoms. The van der Waals surface area contributed by atoms with Crippen LogP contribution in [0.25, 0.3) is 0 Å². The molecule has 6 aliphatic rings. The van der Waals surface area contributed by atoms with Gasteiger partial charge in [-0.25, -0.2) is 14.4 Å². The molecule has 20 heteroatoms. The minimum absolute atomic E-state index is 0.0387. The van der Waals surface area contributed by atoms with E-state index in [2.05, 4.69) is 113 Å². The number of carbonyl (C=O) groups is 6. The number of aryl methyl sites for hydroxylation is 6. The van der Waals surface area contributed by atoms with Gasteiger partial charge in [0.25, 0.3) is 17.7 Å². The number of fused-ring (bicyclic) bond motifs is 3. The average molecular weight is 1650 g/mol. The molecular weight excluding hydrogens is 1540 g/mol. The van der Waals surface area contributed by atoms with E-state index in [1.807, 2.05) is 147 Å². The summed E-state index contributed by atoms with van der Waals surface area (Å²) in [4.78, 5) is 100. The summed E-state index contributed by atoms with van der Waals surface area (Å²) in [6.45, 7) is 16.6. The van der Waals surface area contributed by atoms with Crippen molar-refractivity contribution in [2.24, 2.45) is 33.2 Å². The van der Waals surface area contributed by atoms with Crippen LogP contribution in [-0.2, 0) is 81.6 Å². The third-order valence-electron chi connectivity index (χ3n) is 22.3. The fourth-order valence-electron chi connectivity index (χ4n) is 16.0. The molecule has 0 spiro atoms. The maximum absolute atomic E-state index is 13.0. The molecule has 0 aliphatic carbocycles. The van der Waals surface area contributed by atoms with Gasteiger partial charge in [0.05, 0.1) is 53.6 Å². The van der Waals surface area contributed by atoms with Crippen molar-refractivity contribution in [2.75, 3.05) is 78.9 Å². The average Bonchev–Trinajstić information content (AvgIpc) is 0.764. The largest absolute Gasteiger partial charge is 0.462 e. The predicted octanol–water partition coefficient (Wildman–Crippen LogP) is 19.8. The molecule has 630 valence electrons. The monoisotopic (exact) mass is 1650 g/mol. The summed E-state index contributed by atoms with van der Waals surface area (Å²) in [5.41, 5.74) is 14.9. The van der Waals surface area contributed by atoms with Gasteiger partial charge in [0.1, 0.15) is 0 Å². The van der Waals surface area contributed by atoms with E-state index >= 15 is 0 Å². The number of oxime groups is 3. The number of carbonyl (C=O) groups excluding carboxylic acids is 6. The highest BCUT2D eigenvalue weighted by Crippen LogP contribution is 2.33. The standard InChI is InChI=1S/2C33H39ClN2O4.C33H40N2O4/c2*1-24-20-25(2)32(34)29-22-28(14-10-5-3-4-6-11-19-39-33(38)31(24)29)35-40-23-30(37)36-17-15-27(16-18-36)21-26-12-8-7-9-13-26;1-25-20-26(2)32-29(21-25)23-30(14-10-5-3-4-6-11-19-38-33(32)37)34-39-24-31(36)35-17-15-28(16-18-35)22-27-12-8-7-9-13-27/h2*4,6-10,12-14,20,27H,3,5,11,15-19,21-23H2,1-2H3;4,6-10,12-14,20-21,28H,3,5,11,15-19,22-24H2,1-2H3/b6-4+,14-10+,35-28+;6-4+,14-10+,35-28-;6-4+,14-10+,34-30+. The van der Waals surface area contributed by atoms with E-state index in [0.29, 0.717) is 118 Å². The van der Waals surface area contributed by atoms with E-state index in [9.17, 15) is 28.8 Å². The van der Waals surface area contributed by atoms with Crippen LogP contribution in [0.3, 0.4) is 0 Å². The lowest BCUT2D eigenvalue weighted by Gasteiger charge is -2.31. The summed E-state index contributed by atoms with van der Waals surface area (Å²) in [5.74, 6) is 0.496. The van der Waals surface area contributed by atoms with Gasteiger partial charge in [-0.1, -0.05) is 214 Å². The van der Waals surface area contributed by atoms with Crippen LogP contribution in [0.15, 0.2) is 204 Å². The third-order valence-corrected chi connectivity index (χ3v) is 23.4. The summed E-state index contributed by atoms with van der Waals surface area (Å²) >= 11 is 13.4. The molecule has 6 aromatic rings. The molecule has 3 fully saturated rings. The highest BCUT2D eigenvalue weighted by Gasteiger charge is 2.29. The molecule has 6 aromatic carbocycles. The van der Waals surface area contributed by atoms with Crippen LogP contribution < -0.4 is 0 Å². The zero-order valence-electron chi connectivity index (χ0n) is 70.3. The Morgan fingerprint density at radius 1 is 0.370 bits per heavy atom. The van der Waals surface area contributed by atoms with E-state index in [4.69, 9.17) is 51.9 Å². The lowest BCUT2D eigenvalue weighted by molar-refractivity contribution is -0.138. The van der Waals surface area contributed by atoms with Crippen LogP contribution in [0.2, 0.25) is 10.0 Å². The number of cyclic esters (lactones) is 3. The maximum atomic E-state index is 13.0. The van der Waals surface area contributed by atoms with Crippen molar-refractivity contribution in [3.05, 3.63) is 282 Å². The number of nitrogens with zero attached hydrogens (tertiary/aromatic N) is 6. The molecule has 0 bridgehead atoms. The minimum Gasteiger partial charge on any atom is -0.462 e. The molecule has 12 rings (SSSR count). The van der Waals surface area contributed by atoms with Crippen molar-refractivity contribution in [2.45, 2.75) is 176 Å². The summed E-state index contributed by atoms with van der Waals surface area (Å²) in [6, 6.07) is 39.4. The van der Waals surface area contributed by atoms with Gasteiger partial charge in [-0.15, -0.1) is 0 Å². The Morgan fingerprint density at radius 2 is 0.664 bits per heavy atom. The van der Waals surface area contributed by atoms with Crippen LogP contribution in [0, 0.1) is 59.3 Å². The van der Waals surface area contributed by atoms with Gasteiger partial charge < -0.3 is 43.4 Å². The van der Waals surface area contributed by atoms with Crippen LogP contribution >= 0.6 is 23.2 Å². The summed E-state index contributed by atoms with van der Waals surface area (Å²) in [7, 11) is 0. The summed E-state index contributed by atoms with van der Waals surface area (Å²) in [5, 5.41) is 14.1. The molecule has 18 nitrogen and oxygen atoms in total. The fraction of sp³-hybridized carbons (Fsp3) is 0.424. The van der Waals surface area contributed by atoms with Crippen LogP contribution in [0.5, 0.6) is 0 Å². The number of esters is 3. The molecule has 0 atom stereocenters. The van der Waals surface area contributed by atoms with Crippen LogP contribution in [0.1, 0.15) is 194 Å². The normalized spacial score (nSPS) is 19.9. The number of likely N-dealkylation sites (tertiary alicyclic amines) is 3. The van der Waals surface area contributed by atoms with Gasteiger partial charge in [0, 0.05) is 68.6 Å². The Labute approximate surface area is 714 Å². The molecule has 0 saturated carbocycles. The van der Waals surface area contributed by atoms with Crippen molar-refractivity contribution in [3.8, 4) is 0 Å². The number of halogens is 2. The molecule has 6 heterocycles. The fourth-order valence-corrected chi connectivity index (χ4v) is 16.4. The first-order chi connectivity index (χ1) is 57.8. The number of amides is 3. The van der Waals surface area contributed by atoms with Gasteiger partial charge in [-0.3, -0.25) is 14.4 Å². The molecule has 0 aromatic heterocycles. The Balaban J connectivity index is 0.000000188. The Morgan fingerprint density at radius 3 is 1.00 bits per heavy atom. The number of benzene rings is 6. The number of hydrogen-bond acceptors (Lipinski definition) is 15. The van der Waals surface area contributed by atoms with Crippen LogP contribution in [-0.4, -0.2) is 146 Å². The SMILES string of the molecule is Cc1cc(C)c2c(c1)CC(=N/OCC(=O)N1CCC(Cc3ccccc3)CC1)/C=C/CC/C=C/CCOC2=O.Cc1cc(C)c2c(c1Cl)CC(=N/OCC(=O)N1CCC(Cc3ccccc3)CC1)/C=C/CC/C=C/CCOC2=O.Cc1cc(C)c2c(c1Cl)CC(=N\OCC(=O)N1CCC(Cc3ccccc3)CC1)/C=C/CC/C=C/CCOC2=O. The number of piperidine rings is 3. The number of allylic oxidation sites excluding steroid dienone is 9. The minimum atomic E-state index is -0.394. The second-order valence-electron chi connectivity index (χ2n) is 31.7. The molecule has 6 aliphatic heterocycles. The smallest absolute Gasteiger partial charge is 0.338 e. The lowest BCUT2D eigenvalue weighted by Crippen LogP contribution is -2.40. The molecule has 0 unspecified atom stereocenters. The summed E-state index contributed by atoms with van der Waals surface area (Å²) in [6.07, 6.45) is 41.5. The highest BCUT2D eigenvalue weighted by atomic mass is 35.5. The lowest BCUT2D eigenvalue weighted by atomic mass is 9.90. The second kappa shape index (κ2) is 48.6. The van der Waals surface area contributed by atoms with Crippen molar-refractivity contribution in [1.29, 1.82) is 0 Å². The highest BCUT2D eigenvalue weighted by molar-refractivity contribution is 6.33. The molecule has 3 amide bonds. The predicted molar refractivity (Wildman–Crippen MR) is 475 cm³/mol. The van der Waals surface area contributed by atoms with E-state index < -0.39 is 11.9 Å². The quantitative estimate of drug-likeness (QED) is 0.0408. The zero-order chi connectivity index (χ0) is 84.1. The molecule has 3 saturated heterocycles. The topological polar surface area (TPSA) is 205 Å². The Kier molecular flexibility index (Phi) is 37.1. The molecule has 0 radical (unpaired) electrons. The van der Waals surface area contributed by atoms with Gasteiger partial charge in [-0.05, 0) is 254 Å². The van der Waals surface area contributed by atoms with Gasteiger partial charge in [0.2, 0.25) is 0 Å². The number of rotatable bonds is 15. The van der Waals surface area contributed by atoms with E-state index in [1.54, 1.807) is 0 Å². The Hall–Kier alpha value is -10.4. The van der Waals surface area contributed by atoms with E-state index in [-0.39, 0.29) is 56.4 Å². The summed E-state index contributed by atoms with van der Waals surface area (Å²) < 4.78 is 16.7. The second-order valence-corrected chi connectivity index (χ2v) is 32.5. The Bertz CT molecular complexity index is 4460. The number of hydrogen-bond donors (Lipinski definition) is 0. The van der Waals surface area contributed by atoms with E-state index in [1.165, 1.54) is 16.7 Å². The van der Waals surface area contributed by atoms with Crippen LogP contribution in [0.4, 0.5) is 0 Å². The van der Waals surface area contributed by atoms with Gasteiger partial charge in [0.15, 0.2) is 19.8 Å². The van der Waals surface area contributed by atoms with Gasteiger partial charge in [-0.2, -0.15) is 0 Å². The van der Waals surface area contributed by atoms with Crippen molar-refractivity contribution >= 4 is 76.0 Å². The maximum Gasteiger partial charge on any atom is 0.338 e. The zero-order valence-corrected chi connectivity index (χ0v) is 71.8. The van der Waals surface area contributed by atoms with Crippen molar-refractivity contribution in [3.63, 3.8) is 0 Å². The van der Waals surface area contributed by atoms with Crippen molar-refractivity contribution in [1.82, 2.24) is 14.7 Å². The number of ether oxygens (including phenoxy) is 3. The molecule has 0 N–H and O–H groups in total. The van der Waals surface area contributed by atoms with E-state index in [0.717, 1.165) is 175 Å². The first-order valence-corrected chi connectivity index (χ1v) is 43.2. The van der Waals surface area contributed by atoms with Crippen molar-refractivity contribution < 1.29 is 57.5 Å². The first-order valence-electron chi connectivity index (χ1n) is 42.5.